The Hall–Kier alpha value is -0.640. The van der Waals surface area contributed by atoms with Crippen LogP contribution in [0.15, 0.2) is 0 Å². The highest BCUT2D eigenvalue weighted by Crippen LogP contribution is 1.98. The Morgan fingerprint density at radius 3 is 2.33 bits per heavy atom. The molecule has 0 aliphatic carbocycles. The van der Waals surface area contributed by atoms with Crippen LogP contribution in [0.2, 0.25) is 0 Å². The van der Waals surface area contributed by atoms with E-state index in [0.29, 0.717) is 26.3 Å². The highest BCUT2D eigenvalue weighted by atomic mass is 19.1. The molecule has 0 atom stereocenters. The summed E-state index contributed by atoms with van der Waals surface area (Å²) in [6, 6.07) is 0. The number of rotatable bonds is 0. The second kappa shape index (κ2) is 2.77. The predicted octanol–water partition coefficient (Wildman–Crippen LogP) is 0.408. The summed E-state index contributed by atoms with van der Waals surface area (Å²) < 4.78 is 16.7. The molecule has 1 aliphatic rings. The number of morpholine rings is 1. The van der Waals surface area contributed by atoms with Gasteiger partial charge >= 0.3 is 6.16 Å². The molecule has 0 saturated carbocycles. The number of carbonyl (C=O) groups is 1. The Morgan fingerprint density at radius 1 is 1.44 bits per heavy atom. The zero-order valence-corrected chi connectivity index (χ0v) is 4.97. The third-order valence-corrected chi connectivity index (χ3v) is 1.26. The fourth-order valence-corrected chi connectivity index (χ4v) is 0.739. The first-order chi connectivity index (χ1) is 4.30. The van der Waals surface area contributed by atoms with Crippen LogP contribution in [0.5, 0.6) is 0 Å². The monoisotopic (exact) mass is 133 g/mol. The van der Waals surface area contributed by atoms with Crippen molar-refractivity contribution in [1.29, 1.82) is 0 Å². The zero-order valence-electron chi connectivity index (χ0n) is 4.97. The molecule has 1 amide bonds. The van der Waals surface area contributed by atoms with E-state index in [-0.39, 0.29) is 0 Å². The zero-order chi connectivity index (χ0) is 6.69. The number of amides is 1. The summed E-state index contributed by atoms with van der Waals surface area (Å²) >= 11 is 0. The smallest absolute Gasteiger partial charge is 0.378 e. The van der Waals surface area contributed by atoms with Crippen molar-refractivity contribution in [2.24, 2.45) is 0 Å². The molecule has 0 aromatic heterocycles. The molecule has 4 heteroatoms. The van der Waals surface area contributed by atoms with Gasteiger partial charge in [-0.25, -0.2) is 4.79 Å². The van der Waals surface area contributed by atoms with Crippen molar-refractivity contribution >= 4 is 6.16 Å². The van der Waals surface area contributed by atoms with Crippen LogP contribution in [0.3, 0.4) is 0 Å². The molecular formula is C5H8FNO2. The van der Waals surface area contributed by atoms with Gasteiger partial charge in [-0.15, -0.1) is 4.39 Å². The molecule has 0 N–H and O–H groups in total. The molecule has 0 spiro atoms. The molecule has 1 fully saturated rings. The summed E-state index contributed by atoms with van der Waals surface area (Å²) in [5, 5.41) is 0. The summed E-state index contributed by atoms with van der Waals surface area (Å²) in [5.74, 6) is 0. The van der Waals surface area contributed by atoms with Crippen molar-refractivity contribution in [2.75, 3.05) is 26.3 Å². The van der Waals surface area contributed by atoms with Gasteiger partial charge in [-0.3, -0.25) is 0 Å². The Labute approximate surface area is 52.4 Å². The van der Waals surface area contributed by atoms with Crippen molar-refractivity contribution in [3.63, 3.8) is 0 Å². The van der Waals surface area contributed by atoms with Gasteiger partial charge in [0.1, 0.15) is 0 Å². The first kappa shape index (κ1) is 6.48. The Bertz CT molecular complexity index is 112. The number of halogens is 1. The van der Waals surface area contributed by atoms with E-state index in [2.05, 4.69) is 0 Å². The van der Waals surface area contributed by atoms with Gasteiger partial charge in [0.15, 0.2) is 0 Å². The van der Waals surface area contributed by atoms with Crippen LogP contribution in [0.25, 0.3) is 0 Å². The molecule has 9 heavy (non-hydrogen) atoms. The molecule has 1 heterocycles. The maximum absolute atomic E-state index is 11.8. The van der Waals surface area contributed by atoms with E-state index in [1.54, 1.807) is 0 Å². The SMILES string of the molecule is O=C(F)N1CCOCC1. The van der Waals surface area contributed by atoms with Crippen LogP contribution in [0.1, 0.15) is 0 Å². The Kier molecular flexibility index (Phi) is 2.00. The van der Waals surface area contributed by atoms with Gasteiger partial charge in [-0.1, -0.05) is 0 Å². The summed E-state index contributed by atoms with van der Waals surface area (Å²) in [6.45, 7) is 1.68. The largest absolute Gasteiger partial charge is 0.400 e. The lowest BCUT2D eigenvalue weighted by molar-refractivity contribution is 0.0471. The first-order valence-corrected chi connectivity index (χ1v) is 2.83. The van der Waals surface area contributed by atoms with E-state index in [0.717, 1.165) is 4.90 Å². The lowest BCUT2D eigenvalue weighted by Crippen LogP contribution is -2.38. The molecule has 0 radical (unpaired) electrons. The van der Waals surface area contributed by atoms with Gasteiger partial charge in [-0.05, 0) is 0 Å². The van der Waals surface area contributed by atoms with Crippen LogP contribution >= 0.6 is 0 Å². The topological polar surface area (TPSA) is 29.5 Å². The molecule has 52 valence electrons. The van der Waals surface area contributed by atoms with Gasteiger partial charge in [0, 0.05) is 13.1 Å². The van der Waals surface area contributed by atoms with Crippen LogP contribution < -0.4 is 0 Å². The lowest BCUT2D eigenvalue weighted by Gasteiger charge is -2.22. The minimum atomic E-state index is -1.35. The van der Waals surface area contributed by atoms with Crippen LogP contribution in [-0.2, 0) is 4.74 Å². The second-order valence-electron chi connectivity index (χ2n) is 1.85. The second-order valence-corrected chi connectivity index (χ2v) is 1.85. The minimum Gasteiger partial charge on any atom is -0.378 e. The van der Waals surface area contributed by atoms with Gasteiger partial charge in [-0.2, -0.15) is 0 Å². The van der Waals surface area contributed by atoms with E-state index in [9.17, 15) is 9.18 Å². The van der Waals surface area contributed by atoms with Crippen molar-refractivity contribution in [3.8, 4) is 0 Å². The summed E-state index contributed by atoms with van der Waals surface area (Å²) in [7, 11) is 0. The molecule has 0 unspecified atom stereocenters. The van der Waals surface area contributed by atoms with Gasteiger partial charge in [0.05, 0.1) is 13.2 Å². The minimum absolute atomic E-state index is 0.384. The summed E-state index contributed by atoms with van der Waals surface area (Å²) in [6.07, 6.45) is -1.35. The molecule has 0 aromatic carbocycles. The van der Waals surface area contributed by atoms with E-state index in [4.69, 9.17) is 4.74 Å². The van der Waals surface area contributed by atoms with Crippen LogP contribution in [-0.4, -0.2) is 37.4 Å². The molecule has 1 rings (SSSR count). The van der Waals surface area contributed by atoms with Crippen molar-refractivity contribution < 1.29 is 13.9 Å². The maximum atomic E-state index is 11.8. The maximum Gasteiger partial charge on any atom is 0.400 e. The Morgan fingerprint density at radius 2 is 2.00 bits per heavy atom. The highest BCUT2D eigenvalue weighted by molar-refractivity contribution is 5.66. The van der Waals surface area contributed by atoms with E-state index < -0.39 is 6.16 Å². The summed E-state index contributed by atoms with van der Waals surface area (Å²) in [4.78, 5) is 11.1. The lowest BCUT2D eigenvalue weighted by atomic mass is 10.5. The summed E-state index contributed by atoms with van der Waals surface area (Å²) in [5.41, 5.74) is 0. The quantitative estimate of drug-likeness (QED) is 0.354. The number of nitrogens with zero attached hydrogens (tertiary/aromatic N) is 1. The molecule has 3 nitrogen and oxygen atoms in total. The van der Waals surface area contributed by atoms with Crippen molar-refractivity contribution in [2.45, 2.75) is 0 Å². The van der Waals surface area contributed by atoms with Crippen molar-refractivity contribution in [1.82, 2.24) is 4.90 Å². The Balaban J connectivity index is 2.31. The highest BCUT2D eigenvalue weighted by Gasteiger charge is 2.14. The first-order valence-electron chi connectivity index (χ1n) is 2.83. The standard InChI is InChI=1S/C5H8FNO2/c6-5(8)7-1-3-9-4-2-7/h1-4H2. The van der Waals surface area contributed by atoms with Crippen LogP contribution in [0.4, 0.5) is 9.18 Å². The number of ether oxygens (including phenoxy) is 1. The van der Waals surface area contributed by atoms with Gasteiger partial charge in [0.2, 0.25) is 0 Å². The number of hydrogen-bond acceptors (Lipinski definition) is 2. The fourth-order valence-electron chi connectivity index (χ4n) is 0.739. The third-order valence-electron chi connectivity index (χ3n) is 1.26. The van der Waals surface area contributed by atoms with E-state index >= 15 is 0 Å². The van der Waals surface area contributed by atoms with Gasteiger partial charge < -0.3 is 9.64 Å². The van der Waals surface area contributed by atoms with Gasteiger partial charge in [0.25, 0.3) is 0 Å². The third kappa shape index (κ3) is 1.64. The molecule has 1 saturated heterocycles. The van der Waals surface area contributed by atoms with Crippen molar-refractivity contribution in [3.05, 3.63) is 0 Å². The van der Waals surface area contributed by atoms with E-state index in [1.165, 1.54) is 0 Å². The molecule has 0 aromatic rings. The average Bonchev–Trinajstić information content (AvgIpc) is 1.90. The normalized spacial score (nSPS) is 19.9. The van der Waals surface area contributed by atoms with Crippen LogP contribution in [0, 0.1) is 0 Å². The fraction of sp³-hybridized carbons (Fsp3) is 0.800. The molecular weight excluding hydrogens is 125 g/mol. The average molecular weight is 133 g/mol. The molecule has 1 aliphatic heterocycles. The number of carbonyl (C=O) groups excluding carboxylic acids is 1. The predicted molar refractivity (Wildman–Crippen MR) is 28.9 cm³/mol. The number of hydrogen-bond donors (Lipinski definition) is 0. The molecule has 0 bridgehead atoms. The van der Waals surface area contributed by atoms with E-state index in [1.807, 2.05) is 0 Å².